The van der Waals surface area contributed by atoms with Gasteiger partial charge in [0.1, 0.15) is 5.69 Å². The zero-order valence-electron chi connectivity index (χ0n) is 17.5. The summed E-state index contributed by atoms with van der Waals surface area (Å²) in [5, 5.41) is 3.98. The monoisotopic (exact) mass is 460 g/mol. The maximum absolute atomic E-state index is 12.9. The Bertz CT molecular complexity index is 915. The number of halogens is 1. The van der Waals surface area contributed by atoms with Gasteiger partial charge in [0.2, 0.25) is 5.91 Å². The second-order valence-electron chi connectivity index (χ2n) is 8.77. The van der Waals surface area contributed by atoms with Gasteiger partial charge in [-0.05, 0) is 45.8 Å². The summed E-state index contributed by atoms with van der Waals surface area (Å²) in [6.07, 6.45) is 5.76. The molecule has 3 heterocycles. The third kappa shape index (κ3) is 5.13. The van der Waals surface area contributed by atoms with Crippen LogP contribution in [0.2, 0.25) is 0 Å². The molecule has 1 aliphatic heterocycles. The fourth-order valence-electron chi connectivity index (χ4n) is 3.51. The van der Waals surface area contributed by atoms with Gasteiger partial charge in [-0.15, -0.1) is 0 Å². The third-order valence-electron chi connectivity index (χ3n) is 6.00. The van der Waals surface area contributed by atoms with Gasteiger partial charge in [-0.1, -0.05) is 34.1 Å². The van der Waals surface area contributed by atoms with Crippen molar-refractivity contribution >= 4 is 38.6 Å². The molecule has 0 aromatic carbocycles. The number of aromatic nitrogens is 2. The number of nitrogens with zero attached hydrogens (tertiary/aromatic N) is 3. The number of likely N-dealkylation sites (tertiary alicyclic amines) is 1. The summed E-state index contributed by atoms with van der Waals surface area (Å²) in [4.78, 5) is 36.1. The molecular formula is C22H29BrN4O2. The van der Waals surface area contributed by atoms with Gasteiger partial charge in [0.05, 0.1) is 9.99 Å². The van der Waals surface area contributed by atoms with Gasteiger partial charge in [0.25, 0.3) is 5.91 Å². The Morgan fingerprint density at radius 1 is 1.31 bits per heavy atom. The smallest absolute Gasteiger partial charge is 0.270 e. The molecule has 0 radical (unpaired) electrons. The lowest BCUT2D eigenvalue weighted by Gasteiger charge is -2.38. The lowest BCUT2D eigenvalue weighted by molar-refractivity contribution is -0.135. The Labute approximate surface area is 180 Å². The van der Waals surface area contributed by atoms with Crippen LogP contribution in [0.1, 0.15) is 57.4 Å². The topological polar surface area (TPSA) is 75.2 Å². The van der Waals surface area contributed by atoms with Crippen molar-refractivity contribution in [3.63, 3.8) is 0 Å². The predicted octanol–water partition coefficient (Wildman–Crippen LogP) is 4.19. The van der Waals surface area contributed by atoms with Crippen molar-refractivity contribution < 1.29 is 9.59 Å². The Kier molecular flexibility index (Phi) is 6.56. The van der Waals surface area contributed by atoms with Crippen LogP contribution in [0, 0.1) is 11.3 Å². The standard InChI is InChI=1S/C22H29BrN4O2/c1-5-22(3,4)10-19(28)27-9-8-14(2)18(13-27)26-21(29)17-7-6-15-11-24-12-16(23)20(15)25-17/h6-7,11-12,14,18H,5,8-10,13H2,1-4H3,(H,26,29). The van der Waals surface area contributed by atoms with Gasteiger partial charge in [-0.3, -0.25) is 14.6 Å². The number of nitrogens with one attached hydrogen (secondary N) is 1. The number of fused-ring (bicyclic) bond motifs is 1. The molecule has 2 unspecified atom stereocenters. The fourth-order valence-corrected chi connectivity index (χ4v) is 3.94. The van der Waals surface area contributed by atoms with Gasteiger partial charge >= 0.3 is 0 Å². The van der Waals surface area contributed by atoms with E-state index in [4.69, 9.17) is 0 Å². The van der Waals surface area contributed by atoms with Crippen molar-refractivity contribution in [3.05, 3.63) is 34.7 Å². The first-order valence-electron chi connectivity index (χ1n) is 10.2. The molecule has 0 saturated carbocycles. The summed E-state index contributed by atoms with van der Waals surface area (Å²) in [7, 11) is 0. The van der Waals surface area contributed by atoms with Crippen LogP contribution in [0.4, 0.5) is 0 Å². The molecule has 3 rings (SSSR count). The van der Waals surface area contributed by atoms with Crippen molar-refractivity contribution in [1.82, 2.24) is 20.2 Å². The highest BCUT2D eigenvalue weighted by atomic mass is 79.9. The van der Waals surface area contributed by atoms with E-state index in [2.05, 4.69) is 58.9 Å². The van der Waals surface area contributed by atoms with Gasteiger partial charge in [-0.2, -0.15) is 0 Å². The van der Waals surface area contributed by atoms with Crippen LogP contribution in [-0.2, 0) is 4.79 Å². The molecule has 0 spiro atoms. The Balaban J connectivity index is 1.70. The highest BCUT2D eigenvalue weighted by Crippen LogP contribution is 2.27. The lowest BCUT2D eigenvalue weighted by atomic mass is 9.85. The van der Waals surface area contributed by atoms with Crippen molar-refractivity contribution in [2.75, 3.05) is 13.1 Å². The molecule has 0 aliphatic carbocycles. The summed E-state index contributed by atoms with van der Waals surface area (Å²) in [5.74, 6) is 0.262. The second kappa shape index (κ2) is 8.78. The molecule has 2 atom stereocenters. The van der Waals surface area contributed by atoms with E-state index in [-0.39, 0.29) is 23.3 Å². The van der Waals surface area contributed by atoms with Crippen LogP contribution < -0.4 is 5.32 Å². The van der Waals surface area contributed by atoms with E-state index in [1.165, 1.54) is 0 Å². The number of amides is 2. The predicted molar refractivity (Wildman–Crippen MR) is 118 cm³/mol. The second-order valence-corrected chi connectivity index (χ2v) is 9.62. The van der Waals surface area contributed by atoms with Crippen molar-refractivity contribution in [3.8, 4) is 0 Å². The van der Waals surface area contributed by atoms with E-state index < -0.39 is 0 Å². The number of carbonyl (C=O) groups is 2. The third-order valence-corrected chi connectivity index (χ3v) is 6.58. The number of hydrogen-bond donors (Lipinski definition) is 1. The summed E-state index contributed by atoms with van der Waals surface area (Å²) in [5.41, 5.74) is 1.07. The van der Waals surface area contributed by atoms with Crippen molar-refractivity contribution in [2.45, 2.75) is 53.0 Å². The van der Waals surface area contributed by atoms with Crippen LogP contribution in [-0.4, -0.2) is 45.8 Å². The van der Waals surface area contributed by atoms with E-state index >= 15 is 0 Å². The first-order valence-corrected chi connectivity index (χ1v) is 11.0. The first kappa shape index (κ1) is 21.7. The summed E-state index contributed by atoms with van der Waals surface area (Å²) < 4.78 is 0.756. The van der Waals surface area contributed by atoms with Crippen LogP contribution in [0.25, 0.3) is 10.9 Å². The number of rotatable bonds is 5. The van der Waals surface area contributed by atoms with E-state index in [1.807, 2.05) is 11.0 Å². The molecule has 7 heteroatoms. The minimum absolute atomic E-state index is 0.00382. The van der Waals surface area contributed by atoms with Crippen molar-refractivity contribution in [1.29, 1.82) is 0 Å². The highest BCUT2D eigenvalue weighted by molar-refractivity contribution is 9.10. The Morgan fingerprint density at radius 2 is 2.07 bits per heavy atom. The molecule has 1 fully saturated rings. The maximum atomic E-state index is 12.9. The molecule has 2 amide bonds. The minimum Gasteiger partial charge on any atom is -0.346 e. The highest BCUT2D eigenvalue weighted by Gasteiger charge is 2.32. The van der Waals surface area contributed by atoms with Gasteiger partial charge < -0.3 is 10.2 Å². The van der Waals surface area contributed by atoms with E-state index in [0.29, 0.717) is 30.1 Å². The molecule has 29 heavy (non-hydrogen) atoms. The zero-order valence-corrected chi connectivity index (χ0v) is 19.1. The number of pyridine rings is 2. The lowest BCUT2D eigenvalue weighted by Crippen LogP contribution is -2.53. The van der Waals surface area contributed by atoms with E-state index in [0.717, 1.165) is 29.2 Å². The summed E-state index contributed by atoms with van der Waals surface area (Å²) in [6, 6.07) is 3.48. The normalized spacial score (nSPS) is 20.0. The average molecular weight is 461 g/mol. The van der Waals surface area contributed by atoms with Gasteiger partial charge in [0, 0.05) is 43.3 Å². The zero-order chi connectivity index (χ0) is 21.2. The molecule has 156 valence electrons. The van der Waals surface area contributed by atoms with Crippen LogP contribution in [0.3, 0.4) is 0 Å². The molecule has 1 N–H and O–H groups in total. The number of piperidine rings is 1. The molecule has 0 bridgehead atoms. The van der Waals surface area contributed by atoms with Crippen molar-refractivity contribution in [2.24, 2.45) is 11.3 Å². The fraction of sp³-hybridized carbons (Fsp3) is 0.545. The molecule has 2 aromatic rings. The molecular weight excluding hydrogens is 432 g/mol. The summed E-state index contributed by atoms with van der Waals surface area (Å²) in [6.45, 7) is 9.77. The first-order chi connectivity index (χ1) is 13.7. The average Bonchev–Trinajstić information content (AvgIpc) is 2.69. The molecule has 1 aliphatic rings. The largest absolute Gasteiger partial charge is 0.346 e. The SMILES string of the molecule is CCC(C)(C)CC(=O)N1CCC(C)C(NC(=O)c2ccc3cncc(Br)c3n2)C1. The molecule has 2 aromatic heterocycles. The molecule has 1 saturated heterocycles. The summed E-state index contributed by atoms with van der Waals surface area (Å²) >= 11 is 3.44. The number of carbonyl (C=O) groups excluding carboxylic acids is 2. The minimum atomic E-state index is -0.212. The van der Waals surface area contributed by atoms with Crippen LogP contribution in [0.15, 0.2) is 29.0 Å². The van der Waals surface area contributed by atoms with Gasteiger partial charge in [-0.25, -0.2) is 4.98 Å². The van der Waals surface area contributed by atoms with Gasteiger partial charge in [0.15, 0.2) is 0 Å². The Hall–Kier alpha value is -2.02. The number of hydrogen-bond acceptors (Lipinski definition) is 4. The maximum Gasteiger partial charge on any atom is 0.270 e. The Morgan fingerprint density at radius 3 is 2.79 bits per heavy atom. The van der Waals surface area contributed by atoms with E-state index in [9.17, 15) is 9.59 Å². The van der Waals surface area contributed by atoms with Crippen LogP contribution >= 0.6 is 15.9 Å². The van der Waals surface area contributed by atoms with Crippen LogP contribution in [0.5, 0.6) is 0 Å². The molecule has 6 nitrogen and oxygen atoms in total. The quantitative estimate of drug-likeness (QED) is 0.725. The van der Waals surface area contributed by atoms with E-state index in [1.54, 1.807) is 18.5 Å².